The molecule has 2 aromatic rings. The third kappa shape index (κ3) is 3.16. The van der Waals surface area contributed by atoms with Crippen LogP contribution in [0.4, 0.5) is 0 Å². The van der Waals surface area contributed by atoms with Crippen LogP contribution >= 0.6 is 0 Å². The zero-order valence-corrected chi connectivity index (χ0v) is 13.1. The number of benzene rings is 2. The standard InChI is InChI=1S/C19H19NO4/c21-15-11-16(13-7-3-1-4-8-13)20(17(12-15)19(23)24)18(22)14-9-5-2-6-10-14/h1-10,15-17,21H,11-12H2,(H,23,24)/t15-,16-,17+/m0/s1. The fraction of sp³-hybridized carbons (Fsp3) is 0.263. The van der Waals surface area contributed by atoms with Crippen molar-refractivity contribution in [3.8, 4) is 0 Å². The van der Waals surface area contributed by atoms with Gasteiger partial charge in [-0.25, -0.2) is 4.79 Å². The monoisotopic (exact) mass is 325 g/mol. The lowest BCUT2D eigenvalue weighted by atomic mass is 9.88. The van der Waals surface area contributed by atoms with Crippen molar-refractivity contribution in [3.05, 3.63) is 71.8 Å². The normalized spacial score (nSPS) is 23.7. The molecule has 1 saturated heterocycles. The molecule has 2 aromatic carbocycles. The summed E-state index contributed by atoms with van der Waals surface area (Å²) < 4.78 is 0. The minimum absolute atomic E-state index is 0.0389. The Morgan fingerprint density at radius 3 is 2.08 bits per heavy atom. The average molecular weight is 325 g/mol. The van der Waals surface area contributed by atoms with Gasteiger partial charge in [-0.05, 0) is 24.1 Å². The van der Waals surface area contributed by atoms with Gasteiger partial charge < -0.3 is 15.1 Å². The molecule has 0 bridgehead atoms. The average Bonchev–Trinajstić information content (AvgIpc) is 2.62. The Morgan fingerprint density at radius 2 is 1.50 bits per heavy atom. The summed E-state index contributed by atoms with van der Waals surface area (Å²) in [6.45, 7) is 0. The van der Waals surface area contributed by atoms with E-state index in [4.69, 9.17) is 0 Å². The lowest BCUT2D eigenvalue weighted by molar-refractivity contribution is -0.147. The van der Waals surface area contributed by atoms with Gasteiger partial charge in [0.15, 0.2) is 0 Å². The molecule has 1 aliphatic rings. The second-order valence-electron chi connectivity index (χ2n) is 5.98. The number of rotatable bonds is 3. The lowest BCUT2D eigenvalue weighted by Crippen LogP contribution is -2.52. The summed E-state index contributed by atoms with van der Waals surface area (Å²) in [5.41, 5.74) is 1.27. The van der Waals surface area contributed by atoms with E-state index >= 15 is 0 Å². The Kier molecular flexibility index (Phi) is 4.62. The number of amides is 1. The quantitative estimate of drug-likeness (QED) is 0.909. The van der Waals surface area contributed by atoms with E-state index in [1.807, 2.05) is 30.3 Å². The van der Waals surface area contributed by atoms with Crippen LogP contribution in [0.25, 0.3) is 0 Å². The molecule has 1 amide bonds. The number of aliphatic carboxylic acids is 1. The van der Waals surface area contributed by atoms with E-state index in [2.05, 4.69) is 0 Å². The number of aliphatic hydroxyl groups is 1. The highest BCUT2D eigenvalue weighted by atomic mass is 16.4. The van der Waals surface area contributed by atoms with Crippen LogP contribution in [0.15, 0.2) is 60.7 Å². The molecule has 5 heteroatoms. The second kappa shape index (κ2) is 6.84. The molecule has 1 fully saturated rings. The van der Waals surface area contributed by atoms with Crippen molar-refractivity contribution in [2.45, 2.75) is 31.0 Å². The Morgan fingerprint density at radius 1 is 0.917 bits per heavy atom. The summed E-state index contributed by atoms with van der Waals surface area (Å²) in [5.74, 6) is -1.43. The van der Waals surface area contributed by atoms with Gasteiger partial charge in [0, 0.05) is 12.0 Å². The number of hydrogen-bond acceptors (Lipinski definition) is 3. The number of aliphatic hydroxyl groups excluding tert-OH is 1. The molecule has 0 spiro atoms. The number of hydrogen-bond donors (Lipinski definition) is 2. The molecule has 5 nitrogen and oxygen atoms in total. The molecule has 2 N–H and O–H groups in total. The summed E-state index contributed by atoms with van der Waals surface area (Å²) in [6, 6.07) is 16.4. The minimum Gasteiger partial charge on any atom is -0.480 e. The number of nitrogens with zero attached hydrogens (tertiary/aromatic N) is 1. The third-order valence-electron chi connectivity index (χ3n) is 4.39. The maximum Gasteiger partial charge on any atom is 0.326 e. The molecule has 0 unspecified atom stereocenters. The van der Waals surface area contributed by atoms with Gasteiger partial charge in [0.2, 0.25) is 0 Å². The summed E-state index contributed by atoms with van der Waals surface area (Å²) in [4.78, 5) is 26.1. The number of piperidine rings is 1. The largest absolute Gasteiger partial charge is 0.480 e. The van der Waals surface area contributed by atoms with Crippen molar-refractivity contribution in [1.82, 2.24) is 4.90 Å². The molecular weight excluding hydrogens is 306 g/mol. The topological polar surface area (TPSA) is 77.8 Å². The van der Waals surface area contributed by atoms with Crippen LogP contribution < -0.4 is 0 Å². The highest BCUT2D eigenvalue weighted by Crippen LogP contribution is 2.36. The first-order valence-corrected chi connectivity index (χ1v) is 7.91. The van der Waals surface area contributed by atoms with Crippen LogP contribution in [0.3, 0.4) is 0 Å². The van der Waals surface area contributed by atoms with Crippen molar-refractivity contribution in [2.24, 2.45) is 0 Å². The van der Waals surface area contributed by atoms with E-state index in [9.17, 15) is 19.8 Å². The number of likely N-dealkylation sites (tertiary alicyclic amines) is 1. The second-order valence-corrected chi connectivity index (χ2v) is 5.98. The molecular formula is C19H19NO4. The Balaban J connectivity index is 2.03. The minimum atomic E-state index is -1.10. The van der Waals surface area contributed by atoms with Gasteiger partial charge in [0.1, 0.15) is 6.04 Å². The van der Waals surface area contributed by atoms with Crippen LogP contribution in [0.5, 0.6) is 0 Å². The van der Waals surface area contributed by atoms with E-state index in [0.29, 0.717) is 12.0 Å². The van der Waals surface area contributed by atoms with Crippen LogP contribution in [0, 0.1) is 0 Å². The first kappa shape index (κ1) is 16.2. The van der Waals surface area contributed by atoms with Gasteiger partial charge in [0.05, 0.1) is 12.1 Å². The first-order chi connectivity index (χ1) is 11.6. The van der Waals surface area contributed by atoms with Crippen molar-refractivity contribution in [1.29, 1.82) is 0 Å². The Hall–Kier alpha value is -2.66. The molecule has 3 rings (SSSR count). The van der Waals surface area contributed by atoms with Gasteiger partial charge in [0.25, 0.3) is 5.91 Å². The van der Waals surface area contributed by atoms with Crippen LogP contribution in [0.1, 0.15) is 34.8 Å². The van der Waals surface area contributed by atoms with Gasteiger partial charge in [-0.15, -0.1) is 0 Å². The Bertz CT molecular complexity index is 717. The predicted molar refractivity (Wildman–Crippen MR) is 88.5 cm³/mol. The van der Waals surface area contributed by atoms with Gasteiger partial charge in [-0.2, -0.15) is 0 Å². The Labute approximate surface area is 140 Å². The zero-order chi connectivity index (χ0) is 17.1. The van der Waals surface area contributed by atoms with Crippen LogP contribution in [-0.2, 0) is 4.79 Å². The van der Waals surface area contributed by atoms with Gasteiger partial charge >= 0.3 is 5.97 Å². The first-order valence-electron chi connectivity index (χ1n) is 7.91. The van der Waals surface area contributed by atoms with Crippen molar-refractivity contribution in [2.75, 3.05) is 0 Å². The van der Waals surface area contributed by atoms with Crippen LogP contribution in [-0.4, -0.2) is 39.1 Å². The van der Waals surface area contributed by atoms with E-state index in [-0.39, 0.29) is 12.3 Å². The summed E-state index contributed by atoms with van der Waals surface area (Å²) >= 11 is 0. The molecule has 0 aromatic heterocycles. The van der Waals surface area contributed by atoms with Crippen molar-refractivity contribution >= 4 is 11.9 Å². The lowest BCUT2D eigenvalue weighted by Gasteiger charge is -2.42. The molecule has 1 heterocycles. The molecule has 0 saturated carbocycles. The maximum absolute atomic E-state index is 13.0. The van der Waals surface area contributed by atoms with E-state index in [1.165, 1.54) is 4.90 Å². The van der Waals surface area contributed by atoms with E-state index in [0.717, 1.165) is 5.56 Å². The highest BCUT2D eigenvalue weighted by molar-refractivity contribution is 5.97. The smallest absolute Gasteiger partial charge is 0.326 e. The number of carbonyl (C=O) groups excluding carboxylic acids is 1. The van der Waals surface area contributed by atoms with Crippen molar-refractivity contribution in [3.63, 3.8) is 0 Å². The summed E-state index contributed by atoms with van der Waals surface area (Å²) in [7, 11) is 0. The molecule has 0 radical (unpaired) electrons. The number of carboxylic acids is 1. The number of carboxylic acid groups (broad SMARTS) is 1. The third-order valence-corrected chi connectivity index (χ3v) is 4.39. The summed E-state index contributed by atoms with van der Waals surface area (Å²) in [6.07, 6.45) is -0.389. The van der Waals surface area contributed by atoms with Crippen LogP contribution in [0.2, 0.25) is 0 Å². The molecule has 124 valence electrons. The number of carbonyl (C=O) groups is 2. The van der Waals surface area contributed by atoms with Crippen molar-refractivity contribution < 1.29 is 19.8 Å². The van der Waals surface area contributed by atoms with Gasteiger partial charge in [-0.3, -0.25) is 4.79 Å². The van der Waals surface area contributed by atoms with E-state index in [1.54, 1.807) is 30.3 Å². The molecule has 3 atom stereocenters. The molecule has 0 aliphatic carbocycles. The fourth-order valence-electron chi connectivity index (χ4n) is 3.26. The zero-order valence-electron chi connectivity index (χ0n) is 13.1. The molecule has 24 heavy (non-hydrogen) atoms. The summed E-state index contributed by atoms with van der Waals surface area (Å²) in [5, 5.41) is 19.7. The maximum atomic E-state index is 13.0. The fourth-order valence-corrected chi connectivity index (χ4v) is 3.26. The SMILES string of the molecule is O=C(O)[C@H]1C[C@@H](O)C[C@@H](c2ccccc2)N1C(=O)c1ccccc1. The van der Waals surface area contributed by atoms with Gasteiger partial charge in [-0.1, -0.05) is 48.5 Å². The van der Waals surface area contributed by atoms with E-state index < -0.39 is 24.2 Å². The predicted octanol–water partition coefficient (Wildman–Crippen LogP) is 2.48. The highest BCUT2D eigenvalue weighted by Gasteiger charge is 2.42. The molecule has 1 aliphatic heterocycles.